The van der Waals surface area contributed by atoms with E-state index < -0.39 is 5.97 Å². The lowest BCUT2D eigenvalue weighted by molar-refractivity contribution is 0.0691. The minimum atomic E-state index is -1.04. The van der Waals surface area contributed by atoms with Gasteiger partial charge in [-0.1, -0.05) is 0 Å². The first-order valence-electron chi connectivity index (χ1n) is 7.96. The van der Waals surface area contributed by atoms with Crippen molar-refractivity contribution in [2.75, 3.05) is 13.6 Å². The molecule has 0 bridgehead atoms. The first-order valence-corrected chi connectivity index (χ1v) is 8.84. The van der Waals surface area contributed by atoms with Crippen molar-refractivity contribution in [1.82, 2.24) is 20.2 Å². The van der Waals surface area contributed by atoms with Crippen molar-refractivity contribution in [3.8, 4) is 0 Å². The summed E-state index contributed by atoms with van der Waals surface area (Å²) in [6.45, 7) is 4.40. The number of likely N-dealkylation sites (N-methyl/N-ethyl adjacent to an activating group) is 1. The average Bonchev–Trinajstić information content (AvgIpc) is 3.03. The molecule has 2 aromatic heterocycles. The van der Waals surface area contributed by atoms with Gasteiger partial charge in [-0.25, -0.2) is 14.6 Å². The Hall–Kier alpha value is -2.48. The molecule has 1 unspecified atom stereocenters. The number of rotatable bonds is 7. The maximum absolute atomic E-state index is 12.2. The molecule has 2 amide bonds. The molecule has 0 spiro atoms. The Kier molecular flexibility index (Phi) is 6.46. The highest BCUT2D eigenvalue weighted by molar-refractivity contribution is 7.09. The zero-order valence-corrected chi connectivity index (χ0v) is 15.3. The molecule has 2 rings (SSSR count). The zero-order chi connectivity index (χ0) is 18.4. The minimum Gasteiger partial charge on any atom is -0.476 e. The molecular weight excluding hydrogens is 340 g/mol. The van der Waals surface area contributed by atoms with Crippen molar-refractivity contribution in [3.05, 3.63) is 45.7 Å². The summed E-state index contributed by atoms with van der Waals surface area (Å²) >= 11 is 1.28. The van der Waals surface area contributed by atoms with Gasteiger partial charge in [-0.2, -0.15) is 0 Å². The standard InChI is InChI=1S/C17H22N4O3S/c1-11-4-6-18-13(8-11)9-12(2)21(3)17(24)19-7-5-15-20-14(10-25-15)16(22)23/h4,6,8,10,12H,5,7,9H2,1-3H3,(H,19,24)(H,22,23). The van der Waals surface area contributed by atoms with Gasteiger partial charge in [0, 0.05) is 49.7 Å². The fourth-order valence-electron chi connectivity index (χ4n) is 2.28. The molecule has 7 nitrogen and oxygen atoms in total. The number of urea groups is 1. The molecule has 0 aliphatic heterocycles. The van der Waals surface area contributed by atoms with Gasteiger partial charge in [-0.3, -0.25) is 4.98 Å². The summed E-state index contributed by atoms with van der Waals surface area (Å²) in [4.78, 5) is 33.0. The van der Waals surface area contributed by atoms with E-state index >= 15 is 0 Å². The molecule has 25 heavy (non-hydrogen) atoms. The predicted molar refractivity (Wildman–Crippen MR) is 96.1 cm³/mol. The lowest BCUT2D eigenvalue weighted by atomic mass is 10.1. The van der Waals surface area contributed by atoms with Crippen molar-refractivity contribution in [2.45, 2.75) is 32.7 Å². The number of carbonyl (C=O) groups excluding carboxylic acids is 1. The first kappa shape index (κ1) is 18.9. The molecular formula is C17H22N4O3S. The number of hydrogen-bond acceptors (Lipinski definition) is 5. The zero-order valence-electron chi connectivity index (χ0n) is 14.5. The van der Waals surface area contributed by atoms with Crippen LogP contribution in [0.5, 0.6) is 0 Å². The first-order chi connectivity index (χ1) is 11.9. The summed E-state index contributed by atoms with van der Waals surface area (Å²) in [5, 5.41) is 13.9. The van der Waals surface area contributed by atoms with Crippen LogP contribution < -0.4 is 5.32 Å². The highest BCUT2D eigenvalue weighted by atomic mass is 32.1. The summed E-state index contributed by atoms with van der Waals surface area (Å²) in [6, 6.07) is 3.80. The quantitative estimate of drug-likeness (QED) is 0.788. The van der Waals surface area contributed by atoms with Gasteiger partial charge in [0.25, 0.3) is 0 Å². The number of carboxylic acid groups (broad SMARTS) is 1. The normalized spacial score (nSPS) is 11.8. The number of aryl methyl sites for hydroxylation is 1. The van der Waals surface area contributed by atoms with E-state index in [-0.39, 0.29) is 17.8 Å². The van der Waals surface area contributed by atoms with Crippen LogP contribution >= 0.6 is 11.3 Å². The second-order valence-electron chi connectivity index (χ2n) is 5.90. The largest absolute Gasteiger partial charge is 0.476 e. The smallest absolute Gasteiger partial charge is 0.355 e. The van der Waals surface area contributed by atoms with Gasteiger partial charge in [0.05, 0.1) is 5.01 Å². The molecule has 2 N–H and O–H groups in total. The predicted octanol–water partition coefficient (Wildman–Crippen LogP) is 2.36. The van der Waals surface area contributed by atoms with Gasteiger partial charge < -0.3 is 15.3 Å². The highest BCUT2D eigenvalue weighted by Crippen LogP contribution is 2.10. The maximum atomic E-state index is 12.2. The molecule has 134 valence electrons. The number of hydrogen-bond donors (Lipinski definition) is 2. The minimum absolute atomic E-state index is 0.00720. The Labute approximate surface area is 150 Å². The van der Waals surface area contributed by atoms with Crippen molar-refractivity contribution in [2.24, 2.45) is 0 Å². The third kappa shape index (κ3) is 5.53. The molecule has 2 heterocycles. The number of pyridine rings is 1. The van der Waals surface area contributed by atoms with Crippen LogP contribution in [0.25, 0.3) is 0 Å². The van der Waals surface area contributed by atoms with Crippen molar-refractivity contribution in [1.29, 1.82) is 0 Å². The van der Waals surface area contributed by atoms with Crippen LogP contribution in [0.3, 0.4) is 0 Å². The topological polar surface area (TPSA) is 95.4 Å². The van der Waals surface area contributed by atoms with Crippen LogP contribution in [0.15, 0.2) is 23.7 Å². The van der Waals surface area contributed by atoms with E-state index in [9.17, 15) is 9.59 Å². The highest BCUT2D eigenvalue weighted by Gasteiger charge is 2.16. The molecule has 1 atom stereocenters. The average molecular weight is 362 g/mol. The van der Waals surface area contributed by atoms with Gasteiger partial charge in [-0.05, 0) is 31.5 Å². The van der Waals surface area contributed by atoms with Crippen molar-refractivity contribution in [3.63, 3.8) is 0 Å². The second kappa shape index (κ2) is 8.57. The molecule has 0 aliphatic carbocycles. The van der Waals surface area contributed by atoms with E-state index in [1.807, 2.05) is 26.0 Å². The lowest BCUT2D eigenvalue weighted by Crippen LogP contribution is -2.43. The number of thiazole rings is 1. The van der Waals surface area contributed by atoms with Gasteiger partial charge in [0.15, 0.2) is 5.69 Å². The number of carbonyl (C=O) groups is 2. The second-order valence-corrected chi connectivity index (χ2v) is 6.84. The Balaban J connectivity index is 1.79. The number of amides is 2. The summed E-state index contributed by atoms with van der Waals surface area (Å²) in [6.07, 6.45) is 2.96. The maximum Gasteiger partial charge on any atom is 0.355 e. The summed E-state index contributed by atoms with van der Waals surface area (Å²) in [5.74, 6) is -1.04. The molecule has 0 aromatic carbocycles. The molecule has 0 aliphatic rings. The van der Waals surface area contributed by atoms with Gasteiger partial charge >= 0.3 is 12.0 Å². The molecule has 0 saturated heterocycles. The number of aromatic carboxylic acids is 1. The summed E-state index contributed by atoms with van der Waals surface area (Å²) < 4.78 is 0. The molecule has 0 saturated carbocycles. The number of nitrogens with zero attached hydrogens (tertiary/aromatic N) is 3. The van der Waals surface area contributed by atoms with Gasteiger partial charge in [0.1, 0.15) is 0 Å². The van der Waals surface area contributed by atoms with E-state index in [4.69, 9.17) is 5.11 Å². The van der Waals surface area contributed by atoms with Crippen molar-refractivity contribution >= 4 is 23.3 Å². The number of aromatic nitrogens is 2. The van der Waals surface area contributed by atoms with Crippen LogP contribution in [-0.2, 0) is 12.8 Å². The fraction of sp³-hybridized carbons (Fsp3) is 0.412. The Morgan fingerprint density at radius 1 is 1.44 bits per heavy atom. The van der Waals surface area contributed by atoms with E-state index in [1.165, 1.54) is 16.7 Å². The Morgan fingerprint density at radius 2 is 2.20 bits per heavy atom. The third-order valence-electron chi connectivity index (χ3n) is 3.84. The van der Waals surface area contributed by atoms with Crippen LogP contribution in [0.2, 0.25) is 0 Å². The van der Waals surface area contributed by atoms with Gasteiger partial charge in [0.2, 0.25) is 0 Å². The Bertz CT molecular complexity index is 747. The fourth-order valence-corrected chi connectivity index (χ4v) is 3.05. The molecule has 8 heteroatoms. The monoisotopic (exact) mass is 362 g/mol. The van der Waals surface area contributed by atoms with E-state index in [1.54, 1.807) is 18.1 Å². The SMILES string of the molecule is Cc1ccnc(CC(C)N(C)C(=O)NCCc2nc(C(=O)O)cs2)c1. The Morgan fingerprint density at radius 3 is 2.84 bits per heavy atom. The molecule has 0 fully saturated rings. The number of nitrogens with one attached hydrogen (secondary N) is 1. The van der Waals surface area contributed by atoms with Crippen LogP contribution in [-0.4, -0.2) is 51.6 Å². The number of carboxylic acids is 1. The van der Waals surface area contributed by atoms with Crippen LogP contribution in [0.4, 0.5) is 4.79 Å². The third-order valence-corrected chi connectivity index (χ3v) is 4.75. The molecule has 0 radical (unpaired) electrons. The van der Waals surface area contributed by atoms with Crippen molar-refractivity contribution < 1.29 is 14.7 Å². The van der Waals surface area contributed by atoms with Crippen LogP contribution in [0, 0.1) is 6.92 Å². The lowest BCUT2D eigenvalue weighted by Gasteiger charge is -2.25. The summed E-state index contributed by atoms with van der Waals surface area (Å²) in [5.41, 5.74) is 2.15. The van der Waals surface area contributed by atoms with Crippen LogP contribution in [0.1, 0.15) is 33.7 Å². The van der Waals surface area contributed by atoms with E-state index in [0.29, 0.717) is 24.4 Å². The van der Waals surface area contributed by atoms with E-state index in [2.05, 4.69) is 15.3 Å². The van der Waals surface area contributed by atoms with Gasteiger partial charge in [-0.15, -0.1) is 11.3 Å². The molecule has 2 aromatic rings. The summed E-state index contributed by atoms with van der Waals surface area (Å²) in [7, 11) is 1.75. The van der Waals surface area contributed by atoms with E-state index in [0.717, 1.165) is 11.3 Å².